The predicted octanol–water partition coefficient (Wildman–Crippen LogP) is 2.94. The molecule has 0 radical (unpaired) electrons. The van der Waals surface area contributed by atoms with E-state index in [-0.39, 0.29) is 6.04 Å². The minimum absolute atomic E-state index is 0.0376. The molecule has 0 saturated heterocycles. The Kier molecular flexibility index (Phi) is 3.56. The van der Waals surface area contributed by atoms with Gasteiger partial charge >= 0.3 is 0 Å². The first-order chi connectivity index (χ1) is 8.15. The highest BCUT2D eigenvalue weighted by molar-refractivity contribution is 6.30. The van der Waals surface area contributed by atoms with Crippen molar-refractivity contribution in [1.82, 2.24) is 9.97 Å². The maximum Gasteiger partial charge on any atom is 0.219 e. The molecule has 4 nitrogen and oxygen atoms in total. The lowest BCUT2D eigenvalue weighted by atomic mass is 10.2. The molecule has 0 bridgehead atoms. The first-order valence-electron chi connectivity index (χ1n) is 5.15. The fraction of sp³-hybridized carbons (Fsp3) is 0.167. The van der Waals surface area contributed by atoms with Crippen molar-refractivity contribution in [1.29, 1.82) is 0 Å². The lowest BCUT2D eigenvalue weighted by molar-refractivity contribution is 0.460. The third kappa shape index (κ3) is 3.15. The SMILES string of the molecule is CC(N)c1ccc(Oc2cncc(Cl)c2)nc1. The average Bonchev–Trinajstić information content (AvgIpc) is 2.29. The normalized spacial score (nSPS) is 12.2. The van der Waals surface area contributed by atoms with Gasteiger partial charge in [0.25, 0.3) is 0 Å². The van der Waals surface area contributed by atoms with Crippen LogP contribution >= 0.6 is 11.6 Å². The van der Waals surface area contributed by atoms with Crippen LogP contribution in [-0.4, -0.2) is 9.97 Å². The summed E-state index contributed by atoms with van der Waals surface area (Å²) in [6, 6.07) is 5.28. The highest BCUT2D eigenvalue weighted by atomic mass is 35.5. The number of nitrogens with zero attached hydrogens (tertiary/aromatic N) is 2. The van der Waals surface area contributed by atoms with E-state index >= 15 is 0 Å². The molecule has 2 aromatic heterocycles. The zero-order chi connectivity index (χ0) is 12.3. The standard InChI is InChI=1S/C12H12ClN3O/c1-8(14)9-2-3-12(16-5-9)17-11-4-10(13)6-15-7-11/h2-8H,14H2,1H3. The quantitative estimate of drug-likeness (QED) is 0.909. The third-order valence-electron chi connectivity index (χ3n) is 2.19. The molecule has 0 aliphatic carbocycles. The van der Waals surface area contributed by atoms with Crippen molar-refractivity contribution < 1.29 is 4.74 Å². The summed E-state index contributed by atoms with van der Waals surface area (Å²) in [6.45, 7) is 1.90. The number of rotatable bonds is 3. The van der Waals surface area contributed by atoms with Crippen LogP contribution in [0.5, 0.6) is 11.6 Å². The Morgan fingerprint density at radius 3 is 2.71 bits per heavy atom. The number of hydrogen-bond donors (Lipinski definition) is 1. The van der Waals surface area contributed by atoms with E-state index in [1.54, 1.807) is 30.7 Å². The van der Waals surface area contributed by atoms with Crippen molar-refractivity contribution in [2.45, 2.75) is 13.0 Å². The lowest BCUT2D eigenvalue weighted by Crippen LogP contribution is -2.05. The second-order valence-corrected chi connectivity index (χ2v) is 4.10. The van der Waals surface area contributed by atoms with E-state index < -0.39 is 0 Å². The fourth-order valence-electron chi connectivity index (χ4n) is 1.29. The number of hydrogen-bond acceptors (Lipinski definition) is 4. The van der Waals surface area contributed by atoms with Crippen LogP contribution in [0.1, 0.15) is 18.5 Å². The molecule has 17 heavy (non-hydrogen) atoms. The van der Waals surface area contributed by atoms with Crippen molar-refractivity contribution in [2.24, 2.45) is 5.73 Å². The lowest BCUT2D eigenvalue weighted by Gasteiger charge is -2.07. The molecular formula is C12H12ClN3O. The zero-order valence-electron chi connectivity index (χ0n) is 9.30. The molecule has 2 heterocycles. The first kappa shape index (κ1) is 11.8. The highest BCUT2D eigenvalue weighted by Crippen LogP contribution is 2.22. The maximum absolute atomic E-state index is 5.80. The van der Waals surface area contributed by atoms with Crippen molar-refractivity contribution in [3.8, 4) is 11.6 Å². The van der Waals surface area contributed by atoms with Crippen LogP contribution in [0.3, 0.4) is 0 Å². The van der Waals surface area contributed by atoms with E-state index in [2.05, 4.69) is 9.97 Å². The average molecular weight is 250 g/mol. The van der Waals surface area contributed by atoms with Crippen LogP contribution in [0, 0.1) is 0 Å². The summed E-state index contributed by atoms with van der Waals surface area (Å²) in [7, 11) is 0. The molecule has 0 spiro atoms. The van der Waals surface area contributed by atoms with Gasteiger partial charge in [-0.25, -0.2) is 4.98 Å². The van der Waals surface area contributed by atoms with Crippen LogP contribution in [-0.2, 0) is 0 Å². The molecule has 0 saturated carbocycles. The molecule has 0 aliphatic heterocycles. The molecule has 0 aliphatic rings. The van der Waals surface area contributed by atoms with Gasteiger partial charge in [-0.2, -0.15) is 0 Å². The van der Waals surface area contributed by atoms with Crippen LogP contribution < -0.4 is 10.5 Å². The van der Waals surface area contributed by atoms with Crippen LogP contribution in [0.25, 0.3) is 0 Å². The minimum atomic E-state index is -0.0376. The van der Waals surface area contributed by atoms with E-state index in [9.17, 15) is 0 Å². The Bertz CT molecular complexity index is 499. The summed E-state index contributed by atoms with van der Waals surface area (Å²) in [5.74, 6) is 1.04. The second kappa shape index (κ2) is 5.12. The molecule has 2 rings (SSSR count). The van der Waals surface area contributed by atoms with Crippen molar-refractivity contribution in [3.63, 3.8) is 0 Å². The third-order valence-corrected chi connectivity index (χ3v) is 2.39. The van der Waals surface area contributed by atoms with E-state index in [4.69, 9.17) is 22.1 Å². The van der Waals surface area contributed by atoms with Crippen LogP contribution in [0.15, 0.2) is 36.8 Å². The van der Waals surface area contributed by atoms with Gasteiger partial charge in [-0.15, -0.1) is 0 Å². The number of halogens is 1. The maximum atomic E-state index is 5.80. The molecule has 0 fully saturated rings. The molecule has 0 aromatic carbocycles. The zero-order valence-corrected chi connectivity index (χ0v) is 10.1. The Hall–Kier alpha value is -1.65. The molecule has 2 N–H and O–H groups in total. The van der Waals surface area contributed by atoms with E-state index in [0.29, 0.717) is 16.7 Å². The number of pyridine rings is 2. The Balaban J connectivity index is 2.14. The summed E-state index contributed by atoms with van der Waals surface area (Å²) >= 11 is 5.80. The Labute approximate surface area is 104 Å². The molecule has 5 heteroatoms. The summed E-state index contributed by atoms with van der Waals surface area (Å²) in [5, 5.41) is 0.523. The van der Waals surface area contributed by atoms with Crippen LogP contribution in [0.4, 0.5) is 0 Å². The van der Waals surface area contributed by atoms with Gasteiger partial charge in [-0.3, -0.25) is 4.98 Å². The summed E-state index contributed by atoms with van der Waals surface area (Å²) in [5.41, 5.74) is 6.69. The van der Waals surface area contributed by atoms with Gasteiger partial charge in [0.15, 0.2) is 0 Å². The van der Waals surface area contributed by atoms with Gasteiger partial charge in [-0.1, -0.05) is 17.7 Å². The molecule has 2 aromatic rings. The number of nitrogens with two attached hydrogens (primary N) is 1. The van der Waals surface area contributed by atoms with Crippen LogP contribution in [0.2, 0.25) is 5.02 Å². The van der Waals surface area contributed by atoms with Gasteiger partial charge in [0, 0.05) is 30.6 Å². The molecule has 0 amide bonds. The predicted molar refractivity (Wildman–Crippen MR) is 66.2 cm³/mol. The second-order valence-electron chi connectivity index (χ2n) is 3.66. The topological polar surface area (TPSA) is 61.0 Å². The highest BCUT2D eigenvalue weighted by Gasteiger charge is 2.02. The molecule has 1 unspecified atom stereocenters. The Morgan fingerprint density at radius 2 is 2.12 bits per heavy atom. The summed E-state index contributed by atoms with van der Waals surface area (Å²) < 4.78 is 5.50. The van der Waals surface area contributed by atoms with Gasteiger partial charge in [0.1, 0.15) is 5.75 Å². The van der Waals surface area contributed by atoms with E-state index in [1.807, 2.05) is 13.0 Å². The molecular weight excluding hydrogens is 238 g/mol. The number of ether oxygens (including phenoxy) is 1. The van der Waals surface area contributed by atoms with Crippen molar-refractivity contribution >= 4 is 11.6 Å². The molecule has 88 valence electrons. The van der Waals surface area contributed by atoms with Gasteiger partial charge in [0.05, 0.1) is 11.2 Å². The monoisotopic (exact) mass is 249 g/mol. The van der Waals surface area contributed by atoms with Crippen molar-refractivity contribution in [3.05, 3.63) is 47.4 Å². The smallest absolute Gasteiger partial charge is 0.219 e. The van der Waals surface area contributed by atoms with Crippen molar-refractivity contribution in [2.75, 3.05) is 0 Å². The van der Waals surface area contributed by atoms with E-state index in [1.165, 1.54) is 0 Å². The van der Waals surface area contributed by atoms with E-state index in [0.717, 1.165) is 5.56 Å². The van der Waals surface area contributed by atoms with Gasteiger partial charge < -0.3 is 10.5 Å². The van der Waals surface area contributed by atoms with Gasteiger partial charge in [-0.05, 0) is 12.5 Å². The fourth-order valence-corrected chi connectivity index (χ4v) is 1.45. The summed E-state index contributed by atoms with van der Waals surface area (Å²) in [6.07, 6.45) is 4.81. The van der Waals surface area contributed by atoms with Gasteiger partial charge in [0.2, 0.25) is 5.88 Å². The summed E-state index contributed by atoms with van der Waals surface area (Å²) in [4.78, 5) is 8.07. The first-order valence-corrected chi connectivity index (χ1v) is 5.53. The minimum Gasteiger partial charge on any atom is -0.437 e. The Morgan fingerprint density at radius 1 is 1.29 bits per heavy atom. The number of aromatic nitrogens is 2. The molecule has 1 atom stereocenters. The largest absolute Gasteiger partial charge is 0.437 e.